The first-order chi connectivity index (χ1) is 6.83. The standard InChI is InChI=1S/C8H14N4O2/c1-13-8(14-2)7(12-9)6-5-10-3-4-11-6/h3-5,7-8,12H,9H2,1-2H3. The van der Waals surface area contributed by atoms with Gasteiger partial charge in [-0.3, -0.25) is 15.8 Å². The van der Waals surface area contributed by atoms with E-state index in [-0.39, 0.29) is 6.04 Å². The van der Waals surface area contributed by atoms with Crippen molar-refractivity contribution in [2.24, 2.45) is 5.84 Å². The van der Waals surface area contributed by atoms with Crippen molar-refractivity contribution in [1.29, 1.82) is 0 Å². The molecule has 6 heteroatoms. The monoisotopic (exact) mass is 198 g/mol. The van der Waals surface area contributed by atoms with Crippen LogP contribution in [0.5, 0.6) is 0 Å². The molecular weight excluding hydrogens is 184 g/mol. The van der Waals surface area contributed by atoms with Crippen molar-refractivity contribution in [3.05, 3.63) is 24.3 Å². The van der Waals surface area contributed by atoms with Gasteiger partial charge in [0.1, 0.15) is 6.04 Å². The molecule has 0 spiro atoms. The average molecular weight is 198 g/mol. The third-order valence-electron chi connectivity index (χ3n) is 1.82. The number of rotatable bonds is 5. The lowest BCUT2D eigenvalue weighted by Gasteiger charge is -2.22. The maximum absolute atomic E-state index is 5.38. The number of ether oxygens (including phenoxy) is 2. The number of nitrogens with one attached hydrogen (secondary N) is 1. The average Bonchev–Trinajstić information content (AvgIpc) is 2.27. The Kier molecular flexibility index (Phi) is 4.41. The molecule has 1 atom stereocenters. The molecule has 0 saturated heterocycles. The van der Waals surface area contributed by atoms with Gasteiger partial charge in [-0.15, -0.1) is 0 Å². The van der Waals surface area contributed by atoms with Crippen molar-refractivity contribution >= 4 is 0 Å². The minimum absolute atomic E-state index is 0.335. The molecule has 0 bridgehead atoms. The summed E-state index contributed by atoms with van der Waals surface area (Å²) in [4.78, 5) is 8.04. The van der Waals surface area contributed by atoms with E-state index in [0.29, 0.717) is 5.69 Å². The molecule has 0 aliphatic rings. The molecule has 0 aromatic carbocycles. The second-order valence-electron chi connectivity index (χ2n) is 2.61. The van der Waals surface area contributed by atoms with E-state index in [1.54, 1.807) is 18.6 Å². The van der Waals surface area contributed by atoms with Gasteiger partial charge in [-0.1, -0.05) is 0 Å². The summed E-state index contributed by atoms with van der Waals surface area (Å²) >= 11 is 0. The molecule has 1 rings (SSSR count). The fourth-order valence-electron chi connectivity index (χ4n) is 1.14. The number of methoxy groups -OCH3 is 2. The van der Waals surface area contributed by atoms with Crippen LogP contribution in [-0.2, 0) is 9.47 Å². The van der Waals surface area contributed by atoms with Crippen molar-refractivity contribution in [3.8, 4) is 0 Å². The predicted molar refractivity (Wildman–Crippen MR) is 49.9 cm³/mol. The lowest BCUT2D eigenvalue weighted by Crippen LogP contribution is -2.39. The Morgan fingerprint density at radius 2 is 2.07 bits per heavy atom. The molecule has 0 aliphatic carbocycles. The van der Waals surface area contributed by atoms with Crippen LogP contribution in [0.15, 0.2) is 18.6 Å². The van der Waals surface area contributed by atoms with E-state index in [9.17, 15) is 0 Å². The second-order valence-corrected chi connectivity index (χ2v) is 2.61. The number of hydrogen-bond donors (Lipinski definition) is 2. The van der Waals surface area contributed by atoms with Gasteiger partial charge in [-0.25, -0.2) is 5.43 Å². The van der Waals surface area contributed by atoms with Crippen LogP contribution in [-0.4, -0.2) is 30.5 Å². The van der Waals surface area contributed by atoms with Crippen LogP contribution in [0.1, 0.15) is 11.7 Å². The highest BCUT2D eigenvalue weighted by Gasteiger charge is 2.22. The Balaban J connectivity index is 2.81. The van der Waals surface area contributed by atoms with Crippen LogP contribution < -0.4 is 11.3 Å². The number of hydrogen-bond acceptors (Lipinski definition) is 6. The van der Waals surface area contributed by atoms with Crippen LogP contribution >= 0.6 is 0 Å². The summed E-state index contributed by atoms with van der Waals surface area (Å²) in [7, 11) is 3.07. The van der Waals surface area contributed by atoms with E-state index in [2.05, 4.69) is 15.4 Å². The highest BCUT2D eigenvalue weighted by molar-refractivity contribution is 5.02. The second kappa shape index (κ2) is 5.61. The number of hydrazine groups is 1. The van der Waals surface area contributed by atoms with Crippen molar-refractivity contribution < 1.29 is 9.47 Å². The lowest BCUT2D eigenvalue weighted by atomic mass is 10.2. The molecule has 3 N–H and O–H groups in total. The number of nitrogens with zero attached hydrogens (tertiary/aromatic N) is 2. The van der Waals surface area contributed by atoms with Crippen LogP contribution in [0, 0.1) is 0 Å². The van der Waals surface area contributed by atoms with Crippen LogP contribution in [0.3, 0.4) is 0 Å². The summed E-state index contributed by atoms with van der Waals surface area (Å²) in [5.74, 6) is 5.38. The molecule has 0 aliphatic heterocycles. The molecule has 1 heterocycles. The SMILES string of the molecule is COC(OC)C(NN)c1cnccn1. The van der Waals surface area contributed by atoms with Crippen molar-refractivity contribution in [2.75, 3.05) is 14.2 Å². The fourth-order valence-corrected chi connectivity index (χ4v) is 1.14. The molecule has 0 saturated carbocycles. The Morgan fingerprint density at radius 3 is 2.50 bits per heavy atom. The number of aromatic nitrogens is 2. The van der Waals surface area contributed by atoms with E-state index >= 15 is 0 Å². The molecule has 78 valence electrons. The smallest absolute Gasteiger partial charge is 0.179 e. The van der Waals surface area contributed by atoms with Gasteiger partial charge < -0.3 is 9.47 Å². The summed E-state index contributed by atoms with van der Waals surface area (Å²) < 4.78 is 10.1. The minimum Gasteiger partial charge on any atom is -0.354 e. The zero-order chi connectivity index (χ0) is 10.4. The van der Waals surface area contributed by atoms with Crippen LogP contribution in [0.2, 0.25) is 0 Å². The Morgan fingerprint density at radius 1 is 1.36 bits per heavy atom. The van der Waals surface area contributed by atoms with Gasteiger partial charge in [0, 0.05) is 26.6 Å². The molecule has 6 nitrogen and oxygen atoms in total. The molecule has 1 aromatic rings. The molecule has 0 amide bonds. The zero-order valence-corrected chi connectivity index (χ0v) is 8.18. The first-order valence-electron chi connectivity index (χ1n) is 4.11. The highest BCUT2D eigenvalue weighted by atomic mass is 16.7. The highest BCUT2D eigenvalue weighted by Crippen LogP contribution is 2.14. The van der Waals surface area contributed by atoms with Crippen molar-refractivity contribution in [3.63, 3.8) is 0 Å². The first-order valence-corrected chi connectivity index (χ1v) is 4.11. The largest absolute Gasteiger partial charge is 0.354 e. The Bertz CT molecular complexity index is 253. The van der Waals surface area contributed by atoms with Gasteiger partial charge >= 0.3 is 0 Å². The lowest BCUT2D eigenvalue weighted by molar-refractivity contribution is -0.125. The number of nitrogens with two attached hydrogens (primary N) is 1. The maximum atomic E-state index is 5.38. The van der Waals surface area contributed by atoms with E-state index < -0.39 is 6.29 Å². The molecule has 1 unspecified atom stereocenters. The van der Waals surface area contributed by atoms with E-state index in [0.717, 1.165) is 0 Å². The van der Waals surface area contributed by atoms with Crippen LogP contribution in [0.25, 0.3) is 0 Å². The normalized spacial score (nSPS) is 13.1. The van der Waals surface area contributed by atoms with E-state index in [1.807, 2.05) is 0 Å². The summed E-state index contributed by atoms with van der Waals surface area (Å²) in [6.07, 6.45) is 4.29. The fraction of sp³-hybridized carbons (Fsp3) is 0.500. The summed E-state index contributed by atoms with van der Waals surface area (Å²) in [6.45, 7) is 0. The third kappa shape index (κ3) is 2.46. The van der Waals surface area contributed by atoms with Gasteiger partial charge in [-0.2, -0.15) is 0 Å². The molecule has 1 aromatic heterocycles. The molecule has 14 heavy (non-hydrogen) atoms. The summed E-state index contributed by atoms with van der Waals surface area (Å²) in [6, 6.07) is -0.335. The molecule has 0 radical (unpaired) electrons. The van der Waals surface area contributed by atoms with Gasteiger partial charge in [-0.05, 0) is 0 Å². The van der Waals surface area contributed by atoms with Gasteiger partial charge in [0.05, 0.1) is 11.9 Å². The zero-order valence-electron chi connectivity index (χ0n) is 8.18. The Hall–Kier alpha value is -1.08. The van der Waals surface area contributed by atoms with Crippen LogP contribution in [0.4, 0.5) is 0 Å². The summed E-state index contributed by atoms with van der Waals surface area (Å²) in [5.41, 5.74) is 3.24. The topological polar surface area (TPSA) is 82.3 Å². The maximum Gasteiger partial charge on any atom is 0.179 e. The Labute approximate surface area is 82.4 Å². The van der Waals surface area contributed by atoms with Gasteiger partial charge in [0.2, 0.25) is 0 Å². The van der Waals surface area contributed by atoms with Crippen molar-refractivity contribution in [1.82, 2.24) is 15.4 Å². The molecular formula is C8H14N4O2. The predicted octanol–water partition coefficient (Wildman–Crippen LogP) is -0.400. The van der Waals surface area contributed by atoms with E-state index in [1.165, 1.54) is 14.2 Å². The third-order valence-corrected chi connectivity index (χ3v) is 1.82. The first kappa shape index (κ1) is 11.0. The van der Waals surface area contributed by atoms with Crippen molar-refractivity contribution in [2.45, 2.75) is 12.3 Å². The quantitative estimate of drug-likeness (QED) is 0.380. The minimum atomic E-state index is -0.489. The van der Waals surface area contributed by atoms with Gasteiger partial charge in [0.25, 0.3) is 0 Å². The molecule has 0 fully saturated rings. The summed E-state index contributed by atoms with van der Waals surface area (Å²) in [5, 5.41) is 0. The van der Waals surface area contributed by atoms with Gasteiger partial charge in [0.15, 0.2) is 6.29 Å². The van der Waals surface area contributed by atoms with E-state index in [4.69, 9.17) is 15.3 Å².